The normalized spacial score (nSPS) is 18.8. The zero-order valence-electron chi connectivity index (χ0n) is 20.6. The molecule has 2 aromatic heterocycles. The number of hydrogen-bond donors (Lipinski definition) is 1. The zero-order chi connectivity index (χ0) is 26.0. The molecule has 3 aromatic rings. The van der Waals surface area contributed by atoms with E-state index in [1.54, 1.807) is 6.07 Å². The van der Waals surface area contributed by atoms with Crippen LogP contribution in [0.1, 0.15) is 43.5 Å². The van der Waals surface area contributed by atoms with Gasteiger partial charge < -0.3 is 19.9 Å². The van der Waals surface area contributed by atoms with E-state index >= 15 is 0 Å². The summed E-state index contributed by atoms with van der Waals surface area (Å²) in [5, 5.41) is 14.2. The molecule has 4 heterocycles. The first-order chi connectivity index (χ1) is 17.8. The van der Waals surface area contributed by atoms with Crippen LogP contribution in [0.25, 0.3) is 5.65 Å². The highest BCUT2D eigenvalue weighted by atomic mass is 19.4. The number of carbonyl (C=O) groups is 1. The van der Waals surface area contributed by atoms with Gasteiger partial charge in [-0.15, -0.1) is 15.3 Å². The van der Waals surface area contributed by atoms with Gasteiger partial charge in [0.1, 0.15) is 17.7 Å². The topological polar surface area (TPSA) is 87.9 Å². The molecule has 0 aliphatic carbocycles. The Morgan fingerprint density at radius 2 is 1.81 bits per heavy atom. The van der Waals surface area contributed by atoms with Crippen LogP contribution in [0, 0.1) is 0 Å². The van der Waals surface area contributed by atoms with Crippen LogP contribution >= 0.6 is 0 Å². The van der Waals surface area contributed by atoms with Crippen molar-refractivity contribution < 1.29 is 22.7 Å². The van der Waals surface area contributed by atoms with Gasteiger partial charge in [-0.25, -0.2) is 0 Å². The number of rotatable bonds is 6. The lowest BCUT2D eigenvalue weighted by atomic mass is 9.89. The van der Waals surface area contributed by atoms with Gasteiger partial charge >= 0.3 is 6.18 Å². The largest absolute Gasteiger partial charge is 0.489 e. The van der Waals surface area contributed by atoms with Gasteiger partial charge in [-0.1, -0.05) is 12.1 Å². The van der Waals surface area contributed by atoms with Crippen LogP contribution in [0.4, 0.5) is 19.0 Å². The lowest BCUT2D eigenvalue weighted by molar-refractivity contribution is -0.146. The number of nitrogens with zero attached hydrogens (tertiary/aromatic N) is 6. The van der Waals surface area contributed by atoms with Crippen molar-refractivity contribution in [1.82, 2.24) is 30.0 Å². The molecule has 0 radical (unpaired) electrons. The number of ether oxygens (including phenoxy) is 1. The van der Waals surface area contributed by atoms with Gasteiger partial charge in [-0.2, -0.15) is 17.7 Å². The van der Waals surface area contributed by atoms with Gasteiger partial charge in [0.25, 0.3) is 5.82 Å². The van der Waals surface area contributed by atoms with Crippen LogP contribution in [0.5, 0.6) is 5.75 Å². The van der Waals surface area contributed by atoms with E-state index in [1.165, 1.54) is 11.6 Å². The maximum Gasteiger partial charge on any atom is 0.453 e. The van der Waals surface area contributed by atoms with Gasteiger partial charge in [0, 0.05) is 39.1 Å². The number of anilines is 1. The quantitative estimate of drug-likeness (QED) is 0.538. The Morgan fingerprint density at radius 1 is 1.05 bits per heavy atom. The maximum atomic E-state index is 13.2. The Labute approximate surface area is 212 Å². The Bertz CT molecular complexity index is 1220. The minimum atomic E-state index is -4.62. The molecule has 2 saturated heterocycles. The van der Waals surface area contributed by atoms with Crippen molar-refractivity contribution in [2.24, 2.45) is 0 Å². The fourth-order valence-corrected chi connectivity index (χ4v) is 4.98. The van der Waals surface area contributed by atoms with Gasteiger partial charge in [-0.3, -0.25) is 4.79 Å². The molecule has 37 heavy (non-hydrogen) atoms. The van der Waals surface area contributed by atoms with E-state index in [-0.39, 0.29) is 17.7 Å². The predicted octanol–water partition coefficient (Wildman–Crippen LogP) is 3.12. The number of alkyl halides is 3. The Morgan fingerprint density at radius 3 is 2.54 bits per heavy atom. The molecule has 12 heteroatoms. The standard InChI is InChI=1S/C25H30F3N7O2/c1-17(16-34-15-12-29-11-8-23(34)36)37-20-4-2-18(3-5-20)19-9-13-33(14-10-19)22-7-6-21-30-31-24(25(26,27)28)35(21)32-22/h2-7,17,19,29H,8-16H2,1H3. The number of piperidine rings is 1. The van der Waals surface area contributed by atoms with Crippen LogP contribution in [-0.4, -0.2) is 76.0 Å². The summed E-state index contributed by atoms with van der Waals surface area (Å²) >= 11 is 0. The van der Waals surface area contributed by atoms with Gasteiger partial charge in [-0.05, 0) is 55.5 Å². The number of carbonyl (C=O) groups excluding carboxylic acids is 1. The molecule has 1 amide bonds. The average molecular weight is 518 g/mol. The first kappa shape index (κ1) is 25.2. The van der Waals surface area contributed by atoms with Crippen LogP contribution in [0.15, 0.2) is 36.4 Å². The van der Waals surface area contributed by atoms with Crippen LogP contribution in [0.2, 0.25) is 0 Å². The summed E-state index contributed by atoms with van der Waals surface area (Å²) in [6.07, 6.45) is -2.51. The minimum Gasteiger partial charge on any atom is -0.489 e. The van der Waals surface area contributed by atoms with Crippen molar-refractivity contribution in [1.29, 1.82) is 0 Å². The van der Waals surface area contributed by atoms with Crippen molar-refractivity contribution >= 4 is 17.4 Å². The van der Waals surface area contributed by atoms with E-state index in [4.69, 9.17) is 4.74 Å². The van der Waals surface area contributed by atoms with Crippen molar-refractivity contribution in [3.8, 4) is 5.75 Å². The smallest absolute Gasteiger partial charge is 0.453 e. The van der Waals surface area contributed by atoms with E-state index in [9.17, 15) is 18.0 Å². The predicted molar refractivity (Wildman–Crippen MR) is 131 cm³/mol. The third-order valence-electron chi connectivity index (χ3n) is 6.91. The highest BCUT2D eigenvalue weighted by Crippen LogP contribution is 2.32. The van der Waals surface area contributed by atoms with E-state index in [0.29, 0.717) is 44.3 Å². The molecule has 9 nitrogen and oxygen atoms in total. The summed E-state index contributed by atoms with van der Waals surface area (Å²) in [5.41, 5.74) is 1.27. The molecule has 0 bridgehead atoms. The molecule has 198 valence electrons. The average Bonchev–Trinajstić information content (AvgIpc) is 3.22. The molecule has 1 unspecified atom stereocenters. The molecular weight excluding hydrogens is 487 g/mol. The zero-order valence-corrected chi connectivity index (χ0v) is 20.6. The third kappa shape index (κ3) is 5.79. The monoisotopic (exact) mass is 517 g/mol. The van der Waals surface area contributed by atoms with Crippen molar-refractivity contribution in [3.63, 3.8) is 0 Å². The lowest BCUT2D eigenvalue weighted by Gasteiger charge is -2.33. The Hall–Kier alpha value is -3.41. The summed E-state index contributed by atoms with van der Waals surface area (Å²) in [5.74, 6) is 0.619. The molecule has 2 aliphatic heterocycles. The summed E-state index contributed by atoms with van der Waals surface area (Å²) < 4.78 is 46.4. The minimum absolute atomic E-state index is 0.0672. The summed E-state index contributed by atoms with van der Waals surface area (Å²) in [7, 11) is 0. The third-order valence-corrected chi connectivity index (χ3v) is 6.91. The molecule has 2 aliphatic rings. The highest BCUT2D eigenvalue weighted by Gasteiger charge is 2.38. The number of halogens is 3. The van der Waals surface area contributed by atoms with E-state index < -0.39 is 12.0 Å². The van der Waals surface area contributed by atoms with Crippen LogP contribution < -0.4 is 15.0 Å². The second-order valence-corrected chi connectivity index (χ2v) is 9.58. The molecule has 1 atom stereocenters. The second-order valence-electron chi connectivity index (χ2n) is 9.58. The van der Waals surface area contributed by atoms with Crippen molar-refractivity contribution in [2.75, 3.05) is 44.2 Å². The first-order valence-electron chi connectivity index (χ1n) is 12.6. The van der Waals surface area contributed by atoms with Gasteiger partial charge in [0.15, 0.2) is 5.65 Å². The summed E-state index contributed by atoms with van der Waals surface area (Å²) in [6, 6.07) is 11.3. The SMILES string of the molecule is CC(CN1CCNCCC1=O)Oc1ccc(C2CCN(c3ccc4nnc(C(F)(F)F)n4n3)CC2)cc1. The number of fused-ring (bicyclic) bond motifs is 1. The number of aromatic nitrogens is 4. The van der Waals surface area contributed by atoms with Crippen LogP contribution in [0.3, 0.4) is 0 Å². The van der Waals surface area contributed by atoms with Crippen LogP contribution in [-0.2, 0) is 11.0 Å². The van der Waals surface area contributed by atoms with E-state index in [1.807, 2.05) is 28.9 Å². The second kappa shape index (κ2) is 10.5. The van der Waals surface area contributed by atoms with Crippen molar-refractivity contribution in [3.05, 3.63) is 47.8 Å². The first-order valence-corrected chi connectivity index (χ1v) is 12.6. The fourth-order valence-electron chi connectivity index (χ4n) is 4.98. The Kier molecular flexibility index (Phi) is 7.18. The highest BCUT2D eigenvalue weighted by molar-refractivity contribution is 5.76. The number of nitrogens with one attached hydrogen (secondary N) is 1. The lowest BCUT2D eigenvalue weighted by Crippen LogP contribution is -2.39. The Balaban J connectivity index is 1.16. The number of benzene rings is 1. The molecule has 0 spiro atoms. The van der Waals surface area contributed by atoms with E-state index in [0.717, 1.165) is 36.2 Å². The molecule has 2 fully saturated rings. The van der Waals surface area contributed by atoms with E-state index in [2.05, 4.69) is 32.7 Å². The number of hydrogen-bond acceptors (Lipinski definition) is 7. The fraction of sp³-hybridized carbons (Fsp3) is 0.520. The molecular formula is C25H30F3N7O2. The summed E-state index contributed by atoms with van der Waals surface area (Å²) in [4.78, 5) is 16.1. The van der Waals surface area contributed by atoms with Crippen molar-refractivity contribution in [2.45, 2.75) is 44.4 Å². The maximum absolute atomic E-state index is 13.2. The van der Waals surface area contributed by atoms with Gasteiger partial charge in [0.05, 0.1) is 6.54 Å². The number of amides is 1. The molecule has 1 N–H and O–H groups in total. The molecule has 1 aromatic carbocycles. The van der Waals surface area contributed by atoms with Gasteiger partial charge in [0.2, 0.25) is 5.91 Å². The summed E-state index contributed by atoms with van der Waals surface area (Å²) in [6.45, 7) is 6.10. The molecule has 5 rings (SSSR count). The molecule has 0 saturated carbocycles.